The fourth-order valence-electron chi connectivity index (χ4n) is 5.46. The van der Waals surface area contributed by atoms with Gasteiger partial charge in [0, 0.05) is 20.0 Å². The number of ether oxygens (including phenoxy) is 2. The number of hydrogen-bond acceptors (Lipinski definition) is 8. The Labute approximate surface area is 250 Å². The highest BCUT2D eigenvalue weighted by Crippen LogP contribution is 2.42. The first kappa shape index (κ1) is 32.3. The smallest absolute Gasteiger partial charge is 0.410 e. The van der Waals surface area contributed by atoms with E-state index >= 15 is 0 Å². The zero-order valence-corrected chi connectivity index (χ0v) is 23.6. The molecule has 2 fully saturated rings. The third kappa shape index (κ3) is 7.26. The van der Waals surface area contributed by atoms with Gasteiger partial charge in [0.05, 0.1) is 19.2 Å². The molecule has 2 aromatic heterocycles. The fourth-order valence-corrected chi connectivity index (χ4v) is 5.46. The Bertz CT molecular complexity index is 1500. The topological polar surface area (TPSA) is 132 Å². The van der Waals surface area contributed by atoms with E-state index in [-0.39, 0.29) is 42.2 Å². The van der Waals surface area contributed by atoms with Crippen LogP contribution in [0.3, 0.4) is 0 Å². The lowest BCUT2D eigenvalue weighted by Gasteiger charge is -2.32. The summed E-state index contributed by atoms with van der Waals surface area (Å²) < 4.78 is 114. The van der Waals surface area contributed by atoms with Crippen molar-refractivity contribution in [3.63, 3.8) is 0 Å². The molecule has 2 aliphatic rings. The molecule has 45 heavy (non-hydrogen) atoms. The number of halogens is 7. The molecule has 3 aromatic rings. The van der Waals surface area contributed by atoms with Crippen molar-refractivity contribution in [2.45, 2.75) is 62.3 Å². The van der Waals surface area contributed by atoms with Crippen molar-refractivity contribution in [1.29, 1.82) is 0 Å². The van der Waals surface area contributed by atoms with E-state index in [1.807, 2.05) is 5.32 Å². The highest BCUT2D eigenvalue weighted by atomic mass is 19.4. The van der Waals surface area contributed by atoms with Gasteiger partial charge >= 0.3 is 12.2 Å². The van der Waals surface area contributed by atoms with Crippen LogP contribution in [0, 0.1) is 5.92 Å². The summed E-state index contributed by atoms with van der Waals surface area (Å²) in [6, 6.07) is -0.515. The van der Waals surface area contributed by atoms with E-state index in [2.05, 4.69) is 15.5 Å². The number of urea groups is 1. The number of benzene rings is 1. The third-order valence-corrected chi connectivity index (χ3v) is 7.75. The molecule has 2 N–H and O–H groups in total. The molecular weight excluding hydrogens is 623 g/mol. The summed E-state index contributed by atoms with van der Waals surface area (Å²) in [6.07, 6.45) is -7.59. The summed E-state index contributed by atoms with van der Waals surface area (Å²) in [5, 5.41) is 8.07. The van der Waals surface area contributed by atoms with Gasteiger partial charge in [0.25, 0.3) is 12.3 Å². The summed E-state index contributed by atoms with van der Waals surface area (Å²) in [5.41, 5.74) is 0.331. The van der Waals surface area contributed by atoms with Crippen LogP contribution in [0.15, 0.2) is 33.4 Å². The van der Waals surface area contributed by atoms with E-state index in [1.165, 1.54) is 25.3 Å². The van der Waals surface area contributed by atoms with Crippen LogP contribution in [0.25, 0.3) is 11.1 Å². The second-order valence-corrected chi connectivity index (χ2v) is 10.8. The summed E-state index contributed by atoms with van der Waals surface area (Å²) in [6.45, 7) is -1.82. The number of hydrogen-bond donors (Lipinski definition) is 2. The van der Waals surface area contributed by atoms with Gasteiger partial charge in [-0.2, -0.15) is 13.2 Å². The quantitative estimate of drug-likeness (QED) is 0.264. The third-order valence-electron chi connectivity index (χ3n) is 7.75. The number of carbonyl (C=O) groups is 2. The first-order valence-corrected chi connectivity index (χ1v) is 13.8. The number of alkyl halides is 7. The number of methoxy groups -OCH3 is 1. The first-order valence-electron chi connectivity index (χ1n) is 13.8. The van der Waals surface area contributed by atoms with Crippen molar-refractivity contribution < 1.29 is 58.7 Å². The largest absolute Gasteiger partial charge is 0.482 e. The Morgan fingerprint density at radius 1 is 1.22 bits per heavy atom. The van der Waals surface area contributed by atoms with Crippen LogP contribution in [0.5, 0.6) is 5.75 Å². The summed E-state index contributed by atoms with van der Waals surface area (Å²) in [5.74, 6) is -4.81. The average Bonchev–Trinajstić information content (AvgIpc) is 3.71. The molecule has 3 heterocycles. The van der Waals surface area contributed by atoms with Crippen molar-refractivity contribution in [3.8, 4) is 5.75 Å². The maximum absolute atomic E-state index is 14.0. The summed E-state index contributed by atoms with van der Waals surface area (Å²) in [7, 11) is 1.33. The van der Waals surface area contributed by atoms with Crippen LogP contribution in [0.2, 0.25) is 0 Å². The van der Waals surface area contributed by atoms with Crippen molar-refractivity contribution in [2.75, 3.05) is 26.9 Å². The second kappa shape index (κ2) is 12.7. The highest BCUT2D eigenvalue weighted by molar-refractivity contribution is 5.95. The minimum Gasteiger partial charge on any atom is -0.482 e. The van der Waals surface area contributed by atoms with E-state index in [0.717, 1.165) is 11.2 Å². The van der Waals surface area contributed by atoms with Crippen LogP contribution in [0.4, 0.5) is 35.5 Å². The van der Waals surface area contributed by atoms with E-state index < -0.39 is 86.2 Å². The molecule has 1 saturated carbocycles. The fraction of sp³-hybridized carbons (Fsp3) is 0.556. The Morgan fingerprint density at radius 3 is 2.60 bits per heavy atom. The normalized spacial score (nSPS) is 20.4. The number of aromatic nitrogens is 2. The van der Waals surface area contributed by atoms with Crippen LogP contribution < -0.4 is 15.4 Å². The lowest BCUT2D eigenvalue weighted by atomic mass is 9.82. The number of fused-ring (bicyclic) bond motifs is 1. The maximum Gasteiger partial charge on any atom is 0.410 e. The van der Waals surface area contributed by atoms with Gasteiger partial charge in [0.1, 0.15) is 24.2 Å². The molecule has 1 aromatic carbocycles. The van der Waals surface area contributed by atoms with Gasteiger partial charge < -0.3 is 33.9 Å². The molecule has 18 heteroatoms. The standard InChI is InChI=1S/C27H28F7N5O6/c1-42-10-16(39-9-19(27(32,33)34)36-25(39)41)14-2-3-17-15(8-14)35-24(45-17)21(13-4-6-26(30,31)7-5-13)37-23(40)22-18(11-44-38-22)43-12-20(28)29/h2-3,8,11,13,16,19-21H,4-7,9-10,12H2,1H3,(H,36,41)(H,37,40). The van der Waals surface area contributed by atoms with Gasteiger partial charge in [-0.05, 0) is 36.5 Å². The Hall–Kier alpha value is -4.09. The average molecular weight is 652 g/mol. The molecule has 11 nitrogen and oxygen atoms in total. The van der Waals surface area contributed by atoms with Gasteiger partial charge in [0.2, 0.25) is 17.5 Å². The van der Waals surface area contributed by atoms with E-state index in [0.29, 0.717) is 5.56 Å². The molecule has 0 radical (unpaired) electrons. The monoisotopic (exact) mass is 651 g/mol. The maximum atomic E-state index is 14.0. The molecule has 5 rings (SSSR count). The minimum atomic E-state index is -4.66. The Kier molecular flexibility index (Phi) is 9.14. The molecule has 1 saturated heterocycles. The molecule has 0 spiro atoms. The second-order valence-electron chi connectivity index (χ2n) is 10.8. The van der Waals surface area contributed by atoms with E-state index in [1.54, 1.807) is 0 Å². The van der Waals surface area contributed by atoms with Gasteiger partial charge in [-0.25, -0.2) is 27.3 Å². The van der Waals surface area contributed by atoms with Gasteiger partial charge in [-0.1, -0.05) is 11.2 Å². The number of nitrogens with one attached hydrogen (secondary N) is 2. The number of oxazole rings is 1. The molecule has 0 bridgehead atoms. The Morgan fingerprint density at radius 2 is 1.96 bits per heavy atom. The molecule has 246 valence electrons. The number of carbonyl (C=O) groups excluding carboxylic acids is 2. The zero-order valence-electron chi connectivity index (χ0n) is 23.6. The summed E-state index contributed by atoms with van der Waals surface area (Å²) in [4.78, 5) is 31.1. The lowest BCUT2D eigenvalue weighted by Crippen LogP contribution is -2.40. The Balaban J connectivity index is 1.43. The van der Waals surface area contributed by atoms with Crippen molar-refractivity contribution >= 4 is 23.0 Å². The number of rotatable bonds is 11. The van der Waals surface area contributed by atoms with Gasteiger partial charge in [0.15, 0.2) is 17.6 Å². The molecule has 1 aliphatic carbocycles. The zero-order chi connectivity index (χ0) is 32.5. The highest BCUT2D eigenvalue weighted by Gasteiger charge is 2.48. The minimum absolute atomic E-state index is 0.0180. The van der Waals surface area contributed by atoms with Gasteiger partial charge in [-0.3, -0.25) is 4.79 Å². The molecule has 1 aliphatic heterocycles. The molecule has 3 amide bonds. The molecule has 3 unspecified atom stereocenters. The van der Waals surface area contributed by atoms with E-state index in [4.69, 9.17) is 18.4 Å². The van der Waals surface area contributed by atoms with Gasteiger partial charge in [-0.15, -0.1) is 0 Å². The predicted octanol–water partition coefficient (Wildman–Crippen LogP) is 5.40. The van der Waals surface area contributed by atoms with Crippen molar-refractivity contribution in [1.82, 2.24) is 25.7 Å². The van der Waals surface area contributed by atoms with E-state index in [9.17, 15) is 40.3 Å². The first-order chi connectivity index (χ1) is 21.3. The van der Waals surface area contributed by atoms with Crippen molar-refractivity contribution in [2.24, 2.45) is 5.92 Å². The van der Waals surface area contributed by atoms with Crippen molar-refractivity contribution in [3.05, 3.63) is 41.6 Å². The van der Waals surface area contributed by atoms with Crippen LogP contribution in [-0.2, 0) is 4.74 Å². The van der Waals surface area contributed by atoms with Crippen LogP contribution >= 0.6 is 0 Å². The molecule has 3 atom stereocenters. The summed E-state index contributed by atoms with van der Waals surface area (Å²) >= 11 is 0. The predicted molar refractivity (Wildman–Crippen MR) is 139 cm³/mol. The lowest BCUT2D eigenvalue weighted by molar-refractivity contribution is -0.150. The van der Waals surface area contributed by atoms with Crippen LogP contribution in [-0.4, -0.2) is 78.4 Å². The number of amides is 3. The van der Waals surface area contributed by atoms with Crippen LogP contribution in [0.1, 0.15) is 59.7 Å². The molecular formula is C27H28F7N5O6. The number of nitrogens with zero attached hydrogens (tertiary/aromatic N) is 3. The SMILES string of the molecule is COCC(c1ccc2oc(C(NC(=O)c3nocc3OCC(F)F)C3CCC(F)(F)CC3)nc2c1)N1CC(C(F)(F)F)NC1=O.